The van der Waals surface area contributed by atoms with Gasteiger partial charge in [0.1, 0.15) is 23.3 Å². The number of benzene rings is 2. The van der Waals surface area contributed by atoms with Gasteiger partial charge in [0.2, 0.25) is 0 Å². The van der Waals surface area contributed by atoms with Crippen molar-refractivity contribution in [2.45, 2.75) is 26.8 Å². The molecule has 1 aliphatic rings. The molecule has 2 heterocycles. The lowest BCUT2D eigenvalue weighted by Crippen LogP contribution is -2.29. The van der Waals surface area contributed by atoms with Gasteiger partial charge in [-0.2, -0.15) is 0 Å². The zero-order valence-electron chi connectivity index (χ0n) is 19.1. The highest BCUT2D eigenvalue weighted by molar-refractivity contribution is 7.10. The van der Waals surface area contributed by atoms with E-state index < -0.39 is 17.7 Å². The summed E-state index contributed by atoms with van der Waals surface area (Å²) >= 11 is 1.45. The number of amides is 1. The molecule has 2 aromatic carbocycles. The van der Waals surface area contributed by atoms with Crippen LogP contribution in [0.3, 0.4) is 0 Å². The first-order valence-corrected chi connectivity index (χ1v) is 11.3. The molecule has 1 unspecified atom stereocenters. The molecule has 1 aliphatic heterocycles. The second kappa shape index (κ2) is 8.75. The van der Waals surface area contributed by atoms with Gasteiger partial charge in [-0.05, 0) is 73.2 Å². The number of hydrogen-bond acceptors (Lipinski definition) is 6. The van der Waals surface area contributed by atoms with E-state index in [0.29, 0.717) is 22.7 Å². The summed E-state index contributed by atoms with van der Waals surface area (Å²) in [5.41, 5.74) is 3.99. The highest BCUT2D eigenvalue weighted by Gasteiger charge is 2.48. The second-order valence-corrected chi connectivity index (χ2v) is 8.92. The van der Waals surface area contributed by atoms with E-state index in [0.717, 1.165) is 21.6 Å². The number of methoxy groups -OCH3 is 2. The van der Waals surface area contributed by atoms with Gasteiger partial charge in [-0.25, -0.2) is 0 Å². The lowest BCUT2D eigenvalue weighted by Gasteiger charge is -2.25. The van der Waals surface area contributed by atoms with Crippen molar-refractivity contribution in [3.63, 3.8) is 0 Å². The summed E-state index contributed by atoms with van der Waals surface area (Å²) in [7, 11) is 3.00. The van der Waals surface area contributed by atoms with E-state index in [9.17, 15) is 14.7 Å². The number of hydrogen-bond donors (Lipinski definition) is 1. The van der Waals surface area contributed by atoms with Crippen LogP contribution in [0, 0.1) is 20.8 Å². The molecule has 6 nitrogen and oxygen atoms in total. The molecule has 1 atom stereocenters. The molecule has 1 aromatic heterocycles. The van der Waals surface area contributed by atoms with Crippen molar-refractivity contribution in [2.24, 2.45) is 0 Å². The highest BCUT2D eigenvalue weighted by Crippen LogP contribution is 2.46. The summed E-state index contributed by atoms with van der Waals surface area (Å²) in [5, 5.41) is 13.3. The Hall–Kier alpha value is -3.58. The first-order chi connectivity index (χ1) is 15.8. The van der Waals surface area contributed by atoms with Gasteiger partial charge in [0.05, 0.1) is 25.4 Å². The Morgan fingerprint density at radius 3 is 2.30 bits per heavy atom. The van der Waals surface area contributed by atoms with Gasteiger partial charge in [-0.15, -0.1) is 11.3 Å². The Morgan fingerprint density at radius 2 is 1.70 bits per heavy atom. The molecule has 170 valence electrons. The van der Waals surface area contributed by atoms with Crippen LogP contribution in [-0.2, 0) is 9.59 Å². The molecule has 33 heavy (non-hydrogen) atoms. The maximum Gasteiger partial charge on any atom is 0.300 e. The molecule has 0 aliphatic carbocycles. The van der Waals surface area contributed by atoms with Gasteiger partial charge in [0.15, 0.2) is 0 Å². The number of rotatable bonds is 5. The molecule has 1 fully saturated rings. The van der Waals surface area contributed by atoms with Crippen LogP contribution in [0.5, 0.6) is 11.5 Å². The summed E-state index contributed by atoms with van der Waals surface area (Å²) in [6, 6.07) is 11.8. The number of aliphatic hydroxyl groups is 1. The van der Waals surface area contributed by atoms with Gasteiger partial charge in [0, 0.05) is 16.6 Å². The maximum atomic E-state index is 13.3. The van der Waals surface area contributed by atoms with Gasteiger partial charge in [-0.3, -0.25) is 14.5 Å². The van der Waals surface area contributed by atoms with Crippen LogP contribution in [0.4, 0.5) is 5.69 Å². The number of ketones is 1. The van der Waals surface area contributed by atoms with Gasteiger partial charge in [-0.1, -0.05) is 6.07 Å². The average molecular weight is 464 g/mol. The molecule has 1 N–H and O–H groups in total. The van der Waals surface area contributed by atoms with Crippen LogP contribution in [0.15, 0.2) is 53.4 Å². The third-order valence-corrected chi connectivity index (χ3v) is 7.10. The molecule has 7 heteroatoms. The number of carbonyl (C=O) groups is 2. The summed E-state index contributed by atoms with van der Waals surface area (Å²) in [5.74, 6) is -0.806. The minimum absolute atomic E-state index is 0.0345. The SMILES string of the molecule is COc1ccc(/C(O)=C2\C(=O)C(=O)N(c3ccc(C)c(C)c3)C2c2sccc2C)c(OC)c1. The van der Waals surface area contributed by atoms with E-state index in [1.54, 1.807) is 18.2 Å². The Bertz CT molecular complexity index is 1290. The molecular weight excluding hydrogens is 438 g/mol. The number of aryl methyl sites for hydroxylation is 3. The minimum Gasteiger partial charge on any atom is -0.507 e. The number of anilines is 1. The van der Waals surface area contributed by atoms with Crippen molar-refractivity contribution in [3.8, 4) is 11.5 Å². The largest absolute Gasteiger partial charge is 0.507 e. The fourth-order valence-corrected chi connectivity index (χ4v) is 5.05. The number of aliphatic hydroxyl groups excluding tert-OH is 1. The van der Waals surface area contributed by atoms with E-state index in [1.165, 1.54) is 30.5 Å². The highest BCUT2D eigenvalue weighted by atomic mass is 32.1. The lowest BCUT2D eigenvalue weighted by atomic mass is 9.97. The van der Waals surface area contributed by atoms with Crippen LogP contribution in [0.2, 0.25) is 0 Å². The first kappa shape index (κ1) is 22.6. The molecule has 4 rings (SSSR count). The Labute approximate surface area is 196 Å². The number of nitrogens with zero attached hydrogens (tertiary/aromatic N) is 1. The lowest BCUT2D eigenvalue weighted by molar-refractivity contribution is -0.132. The van der Waals surface area contributed by atoms with E-state index in [-0.39, 0.29) is 11.3 Å². The molecule has 1 saturated heterocycles. The van der Waals surface area contributed by atoms with Crippen molar-refractivity contribution < 1.29 is 24.2 Å². The van der Waals surface area contributed by atoms with Gasteiger partial charge >= 0.3 is 0 Å². The van der Waals surface area contributed by atoms with Crippen molar-refractivity contribution >= 4 is 34.5 Å². The predicted molar refractivity (Wildman–Crippen MR) is 129 cm³/mol. The quantitative estimate of drug-likeness (QED) is 0.315. The van der Waals surface area contributed by atoms with E-state index in [4.69, 9.17) is 9.47 Å². The van der Waals surface area contributed by atoms with Crippen molar-refractivity contribution in [3.05, 3.63) is 80.5 Å². The molecule has 3 aromatic rings. The zero-order valence-corrected chi connectivity index (χ0v) is 19.9. The fraction of sp³-hybridized carbons (Fsp3) is 0.231. The monoisotopic (exact) mass is 463 g/mol. The number of ether oxygens (including phenoxy) is 2. The predicted octanol–water partition coefficient (Wildman–Crippen LogP) is 5.32. The van der Waals surface area contributed by atoms with E-state index in [1.807, 2.05) is 50.4 Å². The smallest absolute Gasteiger partial charge is 0.300 e. The van der Waals surface area contributed by atoms with Crippen LogP contribution in [0.1, 0.15) is 33.2 Å². The standard InChI is InChI=1S/C26H25NO5S/c1-14-6-7-17(12-16(14)3)27-22(25-15(2)10-11-33-25)21(24(29)26(27)30)23(28)19-9-8-18(31-4)13-20(19)32-5/h6-13,22,28H,1-5H3/b23-21+. The fourth-order valence-electron chi connectivity index (χ4n) is 4.03. The number of thiophene rings is 1. The number of carbonyl (C=O) groups excluding carboxylic acids is 2. The second-order valence-electron chi connectivity index (χ2n) is 7.97. The van der Waals surface area contributed by atoms with E-state index in [2.05, 4.69) is 0 Å². The summed E-state index contributed by atoms with van der Waals surface area (Å²) in [4.78, 5) is 28.9. The van der Waals surface area contributed by atoms with Crippen LogP contribution >= 0.6 is 11.3 Å². The molecule has 1 amide bonds. The molecule has 0 radical (unpaired) electrons. The Kier molecular flexibility index (Phi) is 5.99. The van der Waals surface area contributed by atoms with Crippen LogP contribution in [-0.4, -0.2) is 31.0 Å². The van der Waals surface area contributed by atoms with Crippen molar-refractivity contribution in [2.75, 3.05) is 19.1 Å². The van der Waals surface area contributed by atoms with Gasteiger partial charge in [0.25, 0.3) is 11.7 Å². The molecule has 0 saturated carbocycles. The molecular formula is C26H25NO5S. The van der Waals surface area contributed by atoms with Gasteiger partial charge < -0.3 is 14.6 Å². The minimum atomic E-state index is -0.751. The van der Waals surface area contributed by atoms with Crippen molar-refractivity contribution in [1.29, 1.82) is 0 Å². The normalized spacial score (nSPS) is 17.5. The topological polar surface area (TPSA) is 76.1 Å². The summed E-state index contributed by atoms with van der Waals surface area (Å²) < 4.78 is 10.7. The number of Topliss-reactive ketones (excluding diaryl/α,β-unsaturated/α-hetero) is 1. The Balaban J connectivity index is 1.97. The first-order valence-electron chi connectivity index (χ1n) is 10.4. The van der Waals surface area contributed by atoms with Crippen molar-refractivity contribution in [1.82, 2.24) is 0 Å². The van der Waals surface area contributed by atoms with Crippen LogP contribution in [0.25, 0.3) is 5.76 Å². The summed E-state index contributed by atoms with van der Waals surface area (Å²) in [6.45, 7) is 5.88. The third kappa shape index (κ3) is 3.78. The van der Waals surface area contributed by atoms with Crippen LogP contribution < -0.4 is 14.4 Å². The summed E-state index contributed by atoms with van der Waals surface area (Å²) in [6.07, 6.45) is 0. The third-order valence-electron chi connectivity index (χ3n) is 6.03. The average Bonchev–Trinajstić information content (AvgIpc) is 3.35. The zero-order chi connectivity index (χ0) is 23.9. The molecule has 0 bridgehead atoms. The van der Waals surface area contributed by atoms with E-state index >= 15 is 0 Å². The maximum absolute atomic E-state index is 13.3. The molecule has 0 spiro atoms. The Morgan fingerprint density at radius 1 is 0.939 bits per heavy atom.